The smallest absolute Gasteiger partial charge is 0.178 e. The molecule has 0 bridgehead atoms. The Balaban J connectivity index is 2.38. The zero-order valence-electron chi connectivity index (χ0n) is 4.23. The minimum atomic E-state index is 0.181. The van der Waals surface area contributed by atoms with Crippen LogP contribution in [0.3, 0.4) is 0 Å². The van der Waals surface area contributed by atoms with Crippen molar-refractivity contribution in [3.05, 3.63) is 0 Å². The summed E-state index contributed by atoms with van der Waals surface area (Å²) in [6, 6.07) is 0.181. The van der Waals surface area contributed by atoms with E-state index < -0.39 is 0 Å². The first-order chi connectivity index (χ1) is 3.27. The second-order valence-electron chi connectivity index (χ2n) is 1.89. The third-order valence-electron chi connectivity index (χ3n) is 1.40. The molecular weight excluding hydrogens is 86.9 g/mol. The highest BCUT2D eigenvalue weighted by Gasteiger charge is 2.38. The topological polar surface area (TPSA) is 35.9 Å². The second kappa shape index (κ2) is 1.34. The lowest BCUT2D eigenvalue weighted by Crippen LogP contribution is -2.13. The average molecular weight is 93.9 g/mol. The van der Waals surface area contributed by atoms with Crippen LogP contribution in [0.15, 0.2) is 0 Å². The monoisotopic (exact) mass is 94.1 g/mol. The van der Waals surface area contributed by atoms with E-state index in [4.69, 9.17) is 13.4 Å². The minimum absolute atomic E-state index is 0.181. The molecule has 7 heavy (non-hydrogen) atoms. The molecular formula is C4H7BN2. The molecule has 0 heterocycles. The van der Waals surface area contributed by atoms with E-state index in [2.05, 4.69) is 5.23 Å². The van der Waals surface area contributed by atoms with Crippen LogP contribution < -0.4 is 5.23 Å². The molecule has 36 valence electrons. The Morgan fingerprint density at radius 1 is 1.86 bits per heavy atom. The number of rotatable bonds is 1. The van der Waals surface area contributed by atoms with Gasteiger partial charge in [-0.2, -0.15) is 0 Å². The predicted molar refractivity (Wildman–Crippen MR) is 29.6 cm³/mol. The van der Waals surface area contributed by atoms with Crippen molar-refractivity contribution in [3.8, 4) is 0 Å². The van der Waals surface area contributed by atoms with Crippen LogP contribution in [0.5, 0.6) is 0 Å². The first-order valence-corrected chi connectivity index (χ1v) is 2.32. The lowest BCUT2D eigenvalue weighted by molar-refractivity contribution is 0.840. The Morgan fingerprint density at radius 3 is 2.29 bits per heavy atom. The van der Waals surface area contributed by atoms with Crippen molar-refractivity contribution >= 4 is 13.7 Å². The largest absolute Gasteiger partial charge is 0.359 e. The maximum Gasteiger partial charge on any atom is 0.178 e. The highest BCUT2D eigenvalue weighted by Crippen LogP contribution is 2.23. The summed E-state index contributed by atoms with van der Waals surface area (Å²) in [4.78, 5) is 0. The SMILES string of the molecule is [B]NC1C(=N)C1C. The van der Waals surface area contributed by atoms with Gasteiger partial charge in [-0.25, -0.2) is 0 Å². The fraction of sp³-hybridized carbons (Fsp3) is 0.750. The summed E-state index contributed by atoms with van der Waals surface area (Å²) < 4.78 is 0. The van der Waals surface area contributed by atoms with E-state index in [9.17, 15) is 0 Å². The van der Waals surface area contributed by atoms with Gasteiger partial charge in [0.05, 0.1) is 0 Å². The zero-order chi connectivity index (χ0) is 5.44. The van der Waals surface area contributed by atoms with Crippen molar-refractivity contribution in [2.24, 2.45) is 5.92 Å². The van der Waals surface area contributed by atoms with Crippen LogP contribution in [-0.4, -0.2) is 19.7 Å². The Morgan fingerprint density at radius 2 is 2.29 bits per heavy atom. The molecule has 1 aliphatic rings. The molecule has 1 saturated carbocycles. The maximum atomic E-state index is 7.03. The van der Waals surface area contributed by atoms with Gasteiger partial charge in [0.25, 0.3) is 0 Å². The second-order valence-corrected chi connectivity index (χ2v) is 1.89. The average Bonchev–Trinajstić information content (AvgIpc) is 2.17. The van der Waals surface area contributed by atoms with Gasteiger partial charge < -0.3 is 10.6 Å². The van der Waals surface area contributed by atoms with Crippen LogP contribution in [0.2, 0.25) is 0 Å². The zero-order valence-corrected chi connectivity index (χ0v) is 4.23. The van der Waals surface area contributed by atoms with Crippen molar-refractivity contribution in [3.63, 3.8) is 0 Å². The molecule has 0 aliphatic heterocycles. The molecule has 1 aliphatic carbocycles. The standard InChI is InChI=1S/C4H7BN2/c1-2-3(6)4(2)7-5/h2,4,6-7H,1H3. The molecule has 1 rings (SSSR count). The van der Waals surface area contributed by atoms with Gasteiger partial charge in [-0.05, 0) is 0 Å². The molecule has 1 fully saturated rings. The van der Waals surface area contributed by atoms with E-state index in [1.54, 1.807) is 0 Å². The third-order valence-corrected chi connectivity index (χ3v) is 1.40. The van der Waals surface area contributed by atoms with Gasteiger partial charge in [0.1, 0.15) is 0 Å². The molecule has 0 aromatic carbocycles. The van der Waals surface area contributed by atoms with E-state index in [0.29, 0.717) is 5.92 Å². The van der Waals surface area contributed by atoms with Gasteiger partial charge >= 0.3 is 0 Å². The van der Waals surface area contributed by atoms with Crippen LogP contribution in [0.4, 0.5) is 0 Å². The Kier molecular flexibility index (Phi) is 0.924. The highest BCUT2D eigenvalue weighted by atomic mass is 14.9. The Labute approximate surface area is 44.2 Å². The van der Waals surface area contributed by atoms with E-state index in [1.807, 2.05) is 6.92 Å². The number of hydrogen-bond acceptors (Lipinski definition) is 2. The predicted octanol–water partition coefficient (Wildman–Crippen LogP) is -0.302. The molecule has 3 heteroatoms. The molecule has 2 atom stereocenters. The maximum absolute atomic E-state index is 7.03. The van der Waals surface area contributed by atoms with Gasteiger partial charge in [-0.1, -0.05) is 6.92 Å². The summed E-state index contributed by atoms with van der Waals surface area (Å²) in [6.45, 7) is 1.98. The van der Waals surface area contributed by atoms with Crippen molar-refractivity contribution in [2.75, 3.05) is 0 Å². The first kappa shape index (κ1) is 4.84. The van der Waals surface area contributed by atoms with E-state index >= 15 is 0 Å². The number of hydrogen-bond donors (Lipinski definition) is 2. The van der Waals surface area contributed by atoms with Crippen molar-refractivity contribution in [2.45, 2.75) is 13.0 Å². The van der Waals surface area contributed by atoms with Crippen molar-refractivity contribution in [1.29, 1.82) is 5.41 Å². The van der Waals surface area contributed by atoms with E-state index in [1.165, 1.54) is 0 Å². The fourth-order valence-corrected chi connectivity index (χ4v) is 0.628. The van der Waals surface area contributed by atoms with Gasteiger partial charge in [0, 0.05) is 17.7 Å². The van der Waals surface area contributed by atoms with Crippen LogP contribution >= 0.6 is 0 Å². The highest BCUT2D eigenvalue weighted by molar-refractivity contribution is 6.13. The summed E-state index contributed by atoms with van der Waals surface area (Å²) in [5.41, 5.74) is 0.725. The quantitative estimate of drug-likeness (QED) is 0.430. The third kappa shape index (κ3) is 0.568. The van der Waals surface area contributed by atoms with Gasteiger partial charge in [0.2, 0.25) is 0 Å². The Bertz CT molecular complexity index is 102. The van der Waals surface area contributed by atoms with Gasteiger partial charge in [0.15, 0.2) is 7.98 Å². The van der Waals surface area contributed by atoms with E-state index in [0.717, 1.165) is 5.71 Å². The molecule has 0 amide bonds. The summed E-state index contributed by atoms with van der Waals surface area (Å²) in [6.07, 6.45) is 0. The number of nitrogens with one attached hydrogen (secondary N) is 2. The first-order valence-electron chi connectivity index (χ1n) is 2.32. The van der Waals surface area contributed by atoms with E-state index in [-0.39, 0.29) is 6.04 Å². The Hall–Kier alpha value is -0.305. The van der Waals surface area contributed by atoms with Crippen LogP contribution in [0.1, 0.15) is 6.92 Å². The lowest BCUT2D eigenvalue weighted by Gasteiger charge is -1.83. The normalized spacial score (nSPS) is 38.7. The lowest BCUT2D eigenvalue weighted by atomic mass is 10.4. The van der Waals surface area contributed by atoms with Gasteiger partial charge in [-0.15, -0.1) is 0 Å². The molecule has 0 aromatic heterocycles. The van der Waals surface area contributed by atoms with Crippen molar-refractivity contribution in [1.82, 2.24) is 5.23 Å². The molecule has 0 aromatic rings. The van der Waals surface area contributed by atoms with Crippen LogP contribution in [0, 0.1) is 11.3 Å². The fourth-order valence-electron chi connectivity index (χ4n) is 0.628. The van der Waals surface area contributed by atoms with Crippen LogP contribution in [0.25, 0.3) is 0 Å². The minimum Gasteiger partial charge on any atom is -0.359 e. The molecule has 2 unspecified atom stereocenters. The molecule has 0 spiro atoms. The summed E-state index contributed by atoms with van der Waals surface area (Å²) in [5.74, 6) is 0.380. The summed E-state index contributed by atoms with van der Waals surface area (Å²) in [7, 11) is 5.02. The molecule has 2 radical (unpaired) electrons. The molecule has 2 N–H and O–H groups in total. The molecule has 2 nitrogen and oxygen atoms in total. The molecule has 0 saturated heterocycles. The van der Waals surface area contributed by atoms with Gasteiger partial charge in [-0.3, -0.25) is 0 Å². The van der Waals surface area contributed by atoms with Crippen LogP contribution in [-0.2, 0) is 0 Å². The van der Waals surface area contributed by atoms with Crippen molar-refractivity contribution < 1.29 is 0 Å². The summed E-state index contributed by atoms with van der Waals surface area (Å²) >= 11 is 0. The summed E-state index contributed by atoms with van der Waals surface area (Å²) in [5, 5.41) is 9.55.